The van der Waals surface area contributed by atoms with Gasteiger partial charge in [-0.1, -0.05) is 19.3 Å². The zero-order valence-electron chi connectivity index (χ0n) is 11.3. The number of nitrogens with two attached hydrogens (primary N) is 1. The van der Waals surface area contributed by atoms with Gasteiger partial charge in [-0.05, 0) is 44.4 Å². The molecular formula is C15H26N2O. The Morgan fingerprint density at radius 2 is 1.61 bits per heavy atom. The van der Waals surface area contributed by atoms with E-state index in [-0.39, 0.29) is 0 Å². The Hall–Kier alpha value is -0.570. The topological polar surface area (TPSA) is 46.3 Å². The van der Waals surface area contributed by atoms with Gasteiger partial charge in [0.2, 0.25) is 5.91 Å². The molecule has 0 aromatic heterocycles. The molecule has 2 N–H and O–H groups in total. The summed E-state index contributed by atoms with van der Waals surface area (Å²) in [5.74, 6) is 1.10. The molecule has 1 amide bonds. The average Bonchev–Trinajstić information content (AvgIpc) is 2.63. The Labute approximate surface area is 110 Å². The molecule has 2 aliphatic heterocycles. The summed E-state index contributed by atoms with van der Waals surface area (Å²) in [5.41, 5.74) is 6.06. The van der Waals surface area contributed by atoms with Gasteiger partial charge in [0.15, 0.2) is 0 Å². The number of carbonyl (C=O) groups is 1. The van der Waals surface area contributed by atoms with Gasteiger partial charge in [-0.15, -0.1) is 0 Å². The van der Waals surface area contributed by atoms with Crippen LogP contribution in [0, 0.1) is 5.92 Å². The van der Waals surface area contributed by atoms with Crippen LogP contribution in [0.4, 0.5) is 0 Å². The molecule has 0 spiro atoms. The van der Waals surface area contributed by atoms with Gasteiger partial charge in [-0.3, -0.25) is 4.79 Å². The van der Waals surface area contributed by atoms with E-state index >= 15 is 0 Å². The van der Waals surface area contributed by atoms with Crippen molar-refractivity contribution in [2.45, 2.75) is 82.3 Å². The number of amides is 1. The summed E-state index contributed by atoms with van der Waals surface area (Å²) in [5, 5.41) is 0. The van der Waals surface area contributed by atoms with Crippen LogP contribution < -0.4 is 5.73 Å². The van der Waals surface area contributed by atoms with E-state index in [2.05, 4.69) is 4.90 Å². The molecule has 2 saturated heterocycles. The maximum absolute atomic E-state index is 12.5. The standard InChI is InChI=1S/C15H26N2O/c16-12-9-13-6-7-14(10-12)17(13)15(18)8-11-4-2-1-3-5-11/h11-14H,1-10,16H2. The molecule has 102 valence electrons. The van der Waals surface area contributed by atoms with Crippen LogP contribution in [0.3, 0.4) is 0 Å². The molecule has 3 fully saturated rings. The number of fused-ring (bicyclic) bond motifs is 2. The van der Waals surface area contributed by atoms with Crippen LogP contribution in [-0.4, -0.2) is 28.9 Å². The summed E-state index contributed by atoms with van der Waals surface area (Å²) in [6.45, 7) is 0. The molecule has 3 rings (SSSR count). The number of hydrogen-bond acceptors (Lipinski definition) is 2. The summed E-state index contributed by atoms with van der Waals surface area (Å²) in [6, 6.07) is 1.27. The fourth-order valence-electron chi connectivity index (χ4n) is 4.37. The van der Waals surface area contributed by atoms with E-state index in [0.717, 1.165) is 19.3 Å². The van der Waals surface area contributed by atoms with Crippen molar-refractivity contribution in [2.75, 3.05) is 0 Å². The minimum absolute atomic E-state index is 0.334. The summed E-state index contributed by atoms with van der Waals surface area (Å²) in [7, 11) is 0. The predicted molar refractivity (Wildman–Crippen MR) is 72.1 cm³/mol. The number of nitrogens with zero attached hydrogens (tertiary/aromatic N) is 1. The molecule has 1 aliphatic carbocycles. The molecular weight excluding hydrogens is 224 g/mol. The molecule has 2 unspecified atom stereocenters. The average molecular weight is 250 g/mol. The molecule has 0 aromatic carbocycles. The molecule has 0 radical (unpaired) electrons. The molecule has 2 bridgehead atoms. The minimum atomic E-state index is 0.334. The van der Waals surface area contributed by atoms with E-state index in [1.807, 2.05) is 0 Å². The zero-order chi connectivity index (χ0) is 12.5. The van der Waals surface area contributed by atoms with Crippen LogP contribution >= 0.6 is 0 Å². The Morgan fingerprint density at radius 3 is 2.22 bits per heavy atom. The largest absolute Gasteiger partial charge is 0.337 e. The van der Waals surface area contributed by atoms with E-state index in [0.29, 0.717) is 30.0 Å². The van der Waals surface area contributed by atoms with Gasteiger partial charge < -0.3 is 10.6 Å². The van der Waals surface area contributed by atoms with E-state index in [1.165, 1.54) is 44.9 Å². The smallest absolute Gasteiger partial charge is 0.223 e. The van der Waals surface area contributed by atoms with Gasteiger partial charge in [0, 0.05) is 24.5 Å². The van der Waals surface area contributed by atoms with Crippen LogP contribution in [0.1, 0.15) is 64.2 Å². The van der Waals surface area contributed by atoms with Crippen molar-refractivity contribution in [3.05, 3.63) is 0 Å². The molecule has 18 heavy (non-hydrogen) atoms. The predicted octanol–water partition coefficient (Wildman–Crippen LogP) is 2.44. The van der Waals surface area contributed by atoms with E-state index < -0.39 is 0 Å². The number of rotatable bonds is 2. The first-order valence-corrected chi connectivity index (χ1v) is 7.81. The molecule has 3 heteroatoms. The van der Waals surface area contributed by atoms with Crippen molar-refractivity contribution >= 4 is 5.91 Å². The molecule has 2 atom stereocenters. The van der Waals surface area contributed by atoms with Crippen LogP contribution in [-0.2, 0) is 4.79 Å². The van der Waals surface area contributed by atoms with E-state index in [4.69, 9.17) is 5.73 Å². The lowest BCUT2D eigenvalue weighted by Gasteiger charge is -2.38. The van der Waals surface area contributed by atoms with Gasteiger partial charge in [-0.25, -0.2) is 0 Å². The number of hydrogen-bond donors (Lipinski definition) is 1. The summed E-state index contributed by atoms with van der Waals surface area (Å²) in [4.78, 5) is 14.7. The number of piperidine rings is 1. The summed E-state index contributed by atoms with van der Waals surface area (Å²) in [6.07, 6.45) is 11.8. The lowest BCUT2D eigenvalue weighted by atomic mass is 9.86. The quantitative estimate of drug-likeness (QED) is 0.818. The fourth-order valence-corrected chi connectivity index (χ4v) is 4.37. The van der Waals surface area contributed by atoms with Crippen molar-refractivity contribution in [3.8, 4) is 0 Å². The molecule has 1 saturated carbocycles. The maximum atomic E-state index is 12.5. The fraction of sp³-hybridized carbons (Fsp3) is 0.933. The zero-order valence-corrected chi connectivity index (χ0v) is 11.3. The monoisotopic (exact) mass is 250 g/mol. The third kappa shape index (κ3) is 2.42. The number of carbonyl (C=O) groups excluding carboxylic acids is 1. The Bertz CT molecular complexity index is 298. The molecule has 3 aliphatic rings. The lowest BCUT2D eigenvalue weighted by Crippen LogP contribution is -2.50. The first-order chi connectivity index (χ1) is 8.74. The summed E-state index contributed by atoms with van der Waals surface area (Å²) < 4.78 is 0. The molecule has 0 aromatic rings. The normalized spacial score (nSPS) is 36.9. The minimum Gasteiger partial charge on any atom is -0.337 e. The second kappa shape index (κ2) is 5.20. The van der Waals surface area contributed by atoms with Gasteiger partial charge in [0.1, 0.15) is 0 Å². The third-order valence-electron chi connectivity index (χ3n) is 5.25. The van der Waals surface area contributed by atoms with Crippen molar-refractivity contribution in [1.82, 2.24) is 4.90 Å². The SMILES string of the molecule is NC1CC2CCC(C1)N2C(=O)CC1CCCCC1. The van der Waals surface area contributed by atoms with Gasteiger partial charge in [0.25, 0.3) is 0 Å². The first kappa shape index (κ1) is 12.5. The highest BCUT2D eigenvalue weighted by molar-refractivity contribution is 5.77. The van der Waals surface area contributed by atoms with Crippen LogP contribution in [0.2, 0.25) is 0 Å². The van der Waals surface area contributed by atoms with Gasteiger partial charge in [-0.2, -0.15) is 0 Å². The first-order valence-electron chi connectivity index (χ1n) is 7.81. The molecule has 3 nitrogen and oxygen atoms in total. The Kier molecular flexibility index (Phi) is 3.60. The summed E-state index contributed by atoms with van der Waals surface area (Å²) >= 11 is 0. The Morgan fingerprint density at radius 1 is 1.00 bits per heavy atom. The second-order valence-electron chi connectivity index (χ2n) is 6.63. The van der Waals surface area contributed by atoms with E-state index in [9.17, 15) is 4.79 Å². The maximum Gasteiger partial charge on any atom is 0.223 e. The van der Waals surface area contributed by atoms with Gasteiger partial charge >= 0.3 is 0 Å². The van der Waals surface area contributed by atoms with Crippen LogP contribution in [0.25, 0.3) is 0 Å². The molecule has 2 heterocycles. The second-order valence-corrected chi connectivity index (χ2v) is 6.63. The highest BCUT2D eigenvalue weighted by atomic mass is 16.2. The highest BCUT2D eigenvalue weighted by Crippen LogP contribution is 2.37. The van der Waals surface area contributed by atoms with Crippen LogP contribution in [0.15, 0.2) is 0 Å². The van der Waals surface area contributed by atoms with Crippen molar-refractivity contribution in [1.29, 1.82) is 0 Å². The van der Waals surface area contributed by atoms with E-state index in [1.54, 1.807) is 0 Å². The lowest BCUT2D eigenvalue weighted by molar-refractivity contribution is -0.137. The Balaban J connectivity index is 1.59. The van der Waals surface area contributed by atoms with Crippen molar-refractivity contribution in [2.24, 2.45) is 11.7 Å². The van der Waals surface area contributed by atoms with Crippen molar-refractivity contribution in [3.63, 3.8) is 0 Å². The third-order valence-corrected chi connectivity index (χ3v) is 5.25. The van der Waals surface area contributed by atoms with Gasteiger partial charge in [0.05, 0.1) is 0 Å². The van der Waals surface area contributed by atoms with Crippen LogP contribution in [0.5, 0.6) is 0 Å². The highest BCUT2D eigenvalue weighted by Gasteiger charge is 2.42. The van der Waals surface area contributed by atoms with Crippen molar-refractivity contribution < 1.29 is 4.79 Å².